The summed E-state index contributed by atoms with van der Waals surface area (Å²) in [6.45, 7) is 0. The molecule has 1 aromatic heterocycles. The van der Waals surface area contributed by atoms with E-state index in [-0.39, 0.29) is 0 Å². The van der Waals surface area contributed by atoms with Crippen LogP contribution >= 0.6 is 0 Å². The minimum absolute atomic E-state index is 0.970. The SMILES string of the molecule is CN(C)c1ccc2[nH]cc(Cc3ccccc3)c2c1. The molecule has 2 heteroatoms. The van der Waals surface area contributed by atoms with Crippen molar-refractivity contribution in [3.05, 3.63) is 65.9 Å². The molecular formula is C17H18N2. The first kappa shape index (κ1) is 11.8. The lowest BCUT2D eigenvalue weighted by molar-refractivity contribution is 1.13. The van der Waals surface area contributed by atoms with Gasteiger partial charge >= 0.3 is 0 Å². The van der Waals surface area contributed by atoms with Crippen molar-refractivity contribution in [1.82, 2.24) is 4.98 Å². The lowest BCUT2D eigenvalue weighted by Crippen LogP contribution is -2.08. The topological polar surface area (TPSA) is 19.0 Å². The summed E-state index contributed by atoms with van der Waals surface area (Å²) in [4.78, 5) is 5.49. The Hall–Kier alpha value is -2.22. The van der Waals surface area contributed by atoms with Gasteiger partial charge in [-0.2, -0.15) is 0 Å². The van der Waals surface area contributed by atoms with Crippen molar-refractivity contribution in [2.75, 3.05) is 19.0 Å². The van der Waals surface area contributed by atoms with Crippen molar-refractivity contribution < 1.29 is 0 Å². The quantitative estimate of drug-likeness (QED) is 0.748. The second-order valence-electron chi connectivity index (χ2n) is 5.10. The van der Waals surface area contributed by atoms with Crippen LogP contribution < -0.4 is 4.90 Å². The highest BCUT2D eigenvalue weighted by molar-refractivity contribution is 5.86. The maximum atomic E-state index is 3.36. The number of rotatable bonds is 3. The molecule has 0 saturated carbocycles. The summed E-state index contributed by atoms with van der Waals surface area (Å²) in [7, 11) is 4.15. The third kappa shape index (κ3) is 2.34. The number of hydrogen-bond donors (Lipinski definition) is 1. The average molecular weight is 250 g/mol. The molecular weight excluding hydrogens is 232 g/mol. The number of nitrogens with one attached hydrogen (secondary N) is 1. The normalized spacial score (nSPS) is 10.8. The first-order valence-electron chi connectivity index (χ1n) is 6.55. The second kappa shape index (κ2) is 4.81. The molecule has 0 spiro atoms. The number of nitrogens with zero attached hydrogens (tertiary/aromatic N) is 1. The maximum Gasteiger partial charge on any atom is 0.0458 e. The highest BCUT2D eigenvalue weighted by Gasteiger charge is 2.06. The standard InChI is InChI=1S/C17H18N2/c1-19(2)15-8-9-17-16(11-15)14(12-18-17)10-13-6-4-3-5-7-13/h3-9,11-12,18H,10H2,1-2H3. The summed E-state index contributed by atoms with van der Waals surface area (Å²) in [6, 6.07) is 17.1. The number of aromatic nitrogens is 1. The van der Waals surface area contributed by atoms with E-state index in [0.717, 1.165) is 6.42 Å². The zero-order valence-electron chi connectivity index (χ0n) is 11.4. The molecule has 0 aliphatic rings. The molecule has 19 heavy (non-hydrogen) atoms. The van der Waals surface area contributed by atoms with Gasteiger partial charge in [0.15, 0.2) is 0 Å². The highest BCUT2D eigenvalue weighted by Crippen LogP contribution is 2.25. The molecule has 1 N–H and O–H groups in total. The van der Waals surface area contributed by atoms with Gasteiger partial charge < -0.3 is 9.88 Å². The number of H-pyrrole nitrogens is 1. The molecule has 2 nitrogen and oxygen atoms in total. The Morgan fingerprint density at radius 1 is 1.00 bits per heavy atom. The van der Waals surface area contributed by atoms with Crippen LogP contribution in [0.2, 0.25) is 0 Å². The van der Waals surface area contributed by atoms with E-state index in [2.05, 4.69) is 78.7 Å². The van der Waals surface area contributed by atoms with Crippen LogP contribution in [0, 0.1) is 0 Å². The van der Waals surface area contributed by atoms with Crippen molar-refractivity contribution in [1.29, 1.82) is 0 Å². The van der Waals surface area contributed by atoms with Gasteiger partial charge in [0.2, 0.25) is 0 Å². The smallest absolute Gasteiger partial charge is 0.0458 e. The Kier molecular flexibility index (Phi) is 3.00. The van der Waals surface area contributed by atoms with Crippen molar-refractivity contribution >= 4 is 16.6 Å². The first-order chi connectivity index (χ1) is 9.24. The van der Waals surface area contributed by atoms with Gasteiger partial charge in [0.05, 0.1) is 0 Å². The van der Waals surface area contributed by atoms with Crippen molar-refractivity contribution in [3.63, 3.8) is 0 Å². The summed E-state index contributed by atoms with van der Waals surface area (Å²) in [5, 5.41) is 1.31. The van der Waals surface area contributed by atoms with Crippen LogP contribution in [0.15, 0.2) is 54.7 Å². The third-order valence-electron chi connectivity index (χ3n) is 3.50. The summed E-state index contributed by atoms with van der Waals surface area (Å²) < 4.78 is 0. The van der Waals surface area contributed by atoms with Crippen molar-refractivity contribution in [2.24, 2.45) is 0 Å². The van der Waals surface area contributed by atoms with E-state index >= 15 is 0 Å². The Bertz CT molecular complexity index is 681. The summed E-state index contributed by atoms with van der Waals surface area (Å²) >= 11 is 0. The highest BCUT2D eigenvalue weighted by atomic mass is 15.1. The van der Waals surface area contributed by atoms with Gasteiger partial charge in [-0.25, -0.2) is 0 Å². The van der Waals surface area contributed by atoms with Gasteiger partial charge in [0.25, 0.3) is 0 Å². The lowest BCUT2D eigenvalue weighted by atomic mass is 10.0. The van der Waals surface area contributed by atoms with Crippen LogP contribution in [-0.4, -0.2) is 19.1 Å². The Balaban J connectivity index is 2.02. The minimum Gasteiger partial charge on any atom is -0.378 e. The fourth-order valence-corrected chi connectivity index (χ4v) is 2.41. The minimum atomic E-state index is 0.970. The van der Waals surface area contributed by atoms with E-state index in [0.29, 0.717) is 0 Å². The van der Waals surface area contributed by atoms with Gasteiger partial charge in [-0.15, -0.1) is 0 Å². The van der Waals surface area contributed by atoms with Crippen LogP contribution in [0.5, 0.6) is 0 Å². The second-order valence-corrected chi connectivity index (χ2v) is 5.10. The van der Waals surface area contributed by atoms with Gasteiger partial charge in [-0.1, -0.05) is 30.3 Å². The molecule has 3 rings (SSSR count). The molecule has 1 heterocycles. The van der Waals surface area contributed by atoms with Crippen LogP contribution in [-0.2, 0) is 6.42 Å². The largest absolute Gasteiger partial charge is 0.378 e. The molecule has 0 saturated heterocycles. The predicted molar refractivity (Wildman–Crippen MR) is 81.9 cm³/mol. The molecule has 0 unspecified atom stereocenters. The van der Waals surface area contributed by atoms with Crippen molar-refractivity contribution in [2.45, 2.75) is 6.42 Å². The Morgan fingerprint density at radius 2 is 1.79 bits per heavy atom. The van der Waals surface area contributed by atoms with Crippen LogP contribution in [0.1, 0.15) is 11.1 Å². The van der Waals surface area contributed by atoms with E-state index in [4.69, 9.17) is 0 Å². The number of anilines is 1. The molecule has 2 aromatic carbocycles. The molecule has 0 aliphatic carbocycles. The zero-order chi connectivity index (χ0) is 13.2. The molecule has 96 valence electrons. The summed E-state index contributed by atoms with van der Waals surface area (Å²) in [5.41, 5.74) is 5.14. The predicted octanol–water partition coefficient (Wildman–Crippen LogP) is 3.82. The molecule has 0 amide bonds. The summed E-state index contributed by atoms with van der Waals surface area (Å²) in [6.07, 6.45) is 3.09. The summed E-state index contributed by atoms with van der Waals surface area (Å²) in [5.74, 6) is 0. The lowest BCUT2D eigenvalue weighted by Gasteiger charge is -2.12. The molecule has 0 aliphatic heterocycles. The van der Waals surface area contributed by atoms with Gasteiger partial charge in [0, 0.05) is 36.9 Å². The number of hydrogen-bond acceptors (Lipinski definition) is 1. The monoisotopic (exact) mass is 250 g/mol. The molecule has 3 aromatic rings. The van der Waals surface area contributed by atoms with E-state index < -0.39 is 0 Å². The maximum absolute atomic E-state index is 3.36. The Labute approximate surface area is 113 Å². The molecule has 0 bridgehead atoms. The van der Waals surface area contributed by atoms with Crippen LogP contribution in [0.25, 0.3) is 10.9 Å². The number of fused-ring (bicyclic) bond motifs is 1. The molecule has 0 atom stereocenters. The fourth-order valence-electron chi connectivity index (χ4n) is 2.41. The first-order valence-corrected chi connectivity index (χ1v) is 6.55. The van der Waals surface area contributed by atoms with Crippen molar-refractivity contribution in [3.8, 4) is 0 Å². The van der Waals surface area contributed by atoms with E-state index in [1.165, 1.54) is 27.7 Å². The van der Waals surface area contributed by atoms with E-state index in [9.17, 15) is 0 Å². The zero-order valence-corrected chi connectivity index (χ0v) is 11.4. The molecule has 0 fully saturated rings. The number of aromatic amines is 1. The Morgan fingerprint density at radius 3 is 2.53 bits per heavy atom. The van der Waals surface area contributed by atoms with Gasteiger partial charge in [0.1, 0.15) is 0 Å². The fraction of sp³-hybridized carbons (Fsp3) is 0.176. The van der Waals surface area contributed by atoms with Crippen LogP contribution in [0.3, 0.4) is 0 Å². The van der Waals surface area contributed by atoms with Gasteiger partial charge in [-0.3, -0.25) is 0 Å². The van der Waals surface area contributed by atoms with Gasteiger partial charge in [-0.05, 0) is 35.7 Å². The number of benzene rings is 2. The van der Waals surface area contributed by atoms with E-state index in [1.54, 1.807) is 0 Å². The van der Waals surface area contributed by atoms with E-state index in [1.807, 2.05) is 0 Å². The molecule has 0 radical (unpaired) electrons. The third-order valence-corrected chi connectivity index (χ3v) is 3.50. The average Bonchev–Trinajstić information content (AvgIpc) is 2.82. The van der Waals surface area contributed by atoms with Crippen LogP contribution in [0.4, 0.5) is 5.69 Å².